The van der Waals surface area contributed by atoms with Crippen molar-refractivity contribution in [3.05, 3.63) is 85.1 Å². The van der Waals surface area contributed by atoms with Gasteiger partial charge >= 0.3 is 17.9 Å². The Kier molecular flexibility index (Phi) is 66.2. The van der Waals surface area contributed by atoms with Crippen LogP contribution in [0.2, 0.25) is 0 Å². The standard InChI is InChI=1S/C75H132O6/c1-4-7-10-13-16-19-22-25-28-31-34-36-37-39-41-44-47-50-53-56-59-62-65-68-74(77)80-71-72(70-79-73(76)67-64-61-58-55-52-49-46-43-40-33-30-27-24-21-18-15-12-9-6-3)81-75(78)69-66-63-60-57-54-51-48-45-42-38-35-32-29-26-23-20-17-14-11-8-5-2/h9,12,18,21-22,25,27,30-32,34-35,40,43,72H,4-8,10-11,13-17,19-20,23-24,26,28-29,33,36-39,41-42,44-71H2,1-3H3/b12-9-,21-18-,25-22-,30-27-,34-31-,35-32-,43-40-. The van der Waals surface area contributed by atoms with Crippen molar-refractivity contribution >= 4 is 17.9 Å². The molecule has 0 saturated heterocycles. The molecule has 0 aliphatic heterocycles. The van der Waals surface area contributed by atoms with Crippen molar-refractivity contribution in [2.75, 3.05) is 13.2 Å². The molecule has 0 aliphatic rings. The van der Waals surface area contributed by atoms with Crippen LogP contribution in [0.3, 0.4) is 0 Å². The monoisotopic (exact) mass is 1130 g/mol. The molecule has 6 nitrogen and oxygen atoms in total. The fourth-order valence-corrected chi connectivity index (χ4v) is 10.1. The first-order chi connectivity index (χ1) is 40.0. The van der Waals surface area contributed by atoms with Gasteiger partial charge in [0.1, 0.15) is 13.2 Å². The fourth-order valence-electron chi connectivity index (χ4n) is 10.1. The molecule has 0 fully saturated rings. The van der Waals surface area contributed by atoms with Crippen LogP contribution in [0.15, 0.2) is 85.1 Å². The minimum atomic E-state index is -0.787. The van der Waals surface area contributed by atoms with Gasteiger partial charge < -0.3 is 14.2 Å². The minimum Gasteiger partial charge on any atom is -0.462 e. The van der Waals surface area contributed by atoms with Crippen LogP contribution < -0.4 is 0 Å². The quantitative estimate of drug-likeness (QED) is 0.0261. The molecule has 0 bridgehead atoms. The van der Waals surface area contributed by atoms with Crippen LogP contribution in [0.5, 0.6) is 0 Å². The van der Waals surface area contributed by atoms with E-state index in [4.69, 9.17) is 14.2 Å². The second-order valence-corrected chi connectivity index (χ2v) is 23.4. The topological polar surface area (TPSA) is 78.9 Å². The van der Waals surface area contributed by atoms with Gasteiger partial charge in [0.25, 0.3) is 0 Å². The van der Waals surface area contributed by atoms with Crippen LogP contribution in [0, 0.1) is 0 Å². The van der Waals surface area contributed by atoms with Crippen LogP contribution in [0.25, 0.3) is 0 Å². The van der Waals surface area contributed by atoms with Gasteiger partial charge in [0.15, 0.2) is 6.10 Å². The number of carbonyl (C=O) groups is 3. The van der Waals surface area contributed by atoms with Gasteiger partial charge in [-0.15, -0.1) is 0 Å². The van der Waals surface area contributed by atoms with E-state index in [9.17, 15) is 14.4 Å². The summed E-state index contributed by atoms with van der Waals surface area (Å²) in [5.41, 5.74) is 0. The van der Waals surface area contributed by atoms with E-state index in [1.807, 2.05) is 0 Å². The van der Waals surface area contributed by atoms with Crippen LogP contribution in [0.4, 0.5) is 0 Å². The average molecular weight is 1130 g/mol. The van der Waals surface area contributed by atoms with Gasteiger partial charge in [0.2, 0.25) is 0 Å². The lowest BCUT2D eigenvalue weighted by atomic mass is 10.0. The Morgan fingerprint density at radius 2 is 0.481 bits per heavy atom. The number of carbonyl (C=O) groups excluding carboxylic acids is 3. The summed E-state index contributed by atoms with van der Waals surface area (Å²) < 4.78 is 17.0. The number of hydrogen-bond acceptors (Lipinski definition) is 6. The Labute approximate surface area is 503 Å². The highest BCUT2D eigenvalue weighted by atomic mass is 16.6. The van der Waals surface area contributed by atoms with E-state index in [-0.39, 0.29) is 31.1 Å². The Balaban J connectivity index is 4.38. The molecule has 0 amide bonds. The molecule has 0 N–H and O–H groups in total. The van der Waals surface area contributed by atoms with Crippen molar-refractivity contribution in [3.63, 3.8) is 0 Å². The molecule has 0 aromatic rings. The molecular weight excluding hydrogens is 997 g/mol. The van der Waals surface area contributed by atoms with E-state index >= 15 is 0 Å². The van der Waals surface area contributed by atoms with Crippen molar-refractivity contribution in [1.29, 1.82) is 0 Å². The maximum Gasteiger partial charge on any atom is 0.306 e. The lowest BCUT2D eigenvalue weighted by molar-refractivity contribution is -0.167. The average Bonchev–Trinajstić information content (AvgIpc) is 3.47. The molecule has 6 heteroatoms. The number of unbranched alkanes of at least 4 members (excludes halogenated alkanes) is 39. The highest BCUT2D eigenvalue weighted by molar-refractivity contribution is 5.71. The number of hydrogen-bond donors (Lipinski definition) is 0. The lowest BCUT2D eigenvalue weighted by Crippen LogP contribution is -2.30. The van der Waals surface area contributed by atoms with Crippen LogP contribution in [0.1, 0.15) is 355 Å². The highest BCUT2D eigenvalue weighted by Gasteiger charge is 2.19. The first kappa shape index (κ1) is 77.6. The van der Waals surface area contributed by atoms with Crippen LogP contribution in [-0.4, -0.2) is 37.2 Å². The molecule has 81 heavy (non-hydrogen) atoms. The second kappa shape index (κ2) is 69.1. The van der Waals surface area contributed by atoms with Crippen molar-refractivity contribution in [2.45, 2.75) is 361 Å². The van der Waals surface area contributed by atoms with Gasteiger partial charge in [0, 0.05) is 19.3 Å². The predicted octanol–water partition coefficient (Wildman–Crippen LogP) is 24.2. The van der Waals surface area contributed by atoms with E-state index in [1.165, 1.54) is 218 Å². The number of ether oxygens (including phenoxy) is 3. The van der Waals surface area contributed by atoms with Crippen LogP contribution in [-0.2, 0) is 28.6 Å². The Morgan fingerprint density at radius 3 is 0.765 bits per heavy atom. The van der Waals surface area contributed by atoms with Crippen molar-refractivity contribution in [1.82, 2.24) is 0 Å². The molecule has 0 spiro atoms. The Morgan fingerprint density at radius 1 is 0.259 bits per heavy atom. The smallest absolute Gasteiger partial charge is 0.306 e. The summed E-state index contributed by atoms with van der Waals surface area (Å²) in [6, 6.07) is 0. The summed E-state index contributed by atoms with van der Waals surface area (Å²) in [4.78, 5) is 38.5. The van der Waals surface area contributed by atoms with E-state index in [2.05, 4.69) is 106 Å². The fraction of sp³-hybridized carbons (Fsp3) is 0.773. The van der Waals surface area contributed by atoms with Gasteiger partial charge in [-0.2, -0.15) is 0 Å². The van der Waals surface area contributed by atoms with Gasteiger partial charge in [-0.3, -0.25) is 14.4 Å². The number of esters is 3. The third-order valence-electron chi connectivity index (χ3n) is 15.4. The van der Waals surface area contributed by atoms with E-state index in [1.54, 1.807) is 0 Å². The summed E-state index contributed by atoms with van der Waals surface area (Å²) >= 11 is 0. The summed E-state index contributed by atoms with van der Waals surface area (Å²) in [6.07, 6.45) is 91.7. The number of allylic oxidation sites excluding steroid dienone is 14. The third kappa shape index (κ3) is 67.3. The minimum absolute atomic E-state index is 0.0813. The maximum absolute atomic E-state index is 13.0. The van der Waals surface area contributed by atoms with Crippen molar-refractivity contribution < 1.29 is 28.6 Å². The predicted molar refractivity (Wildman–Crippen MR) is 353 cm³/mol. The second-order valence-electron chi connectivity index (χ2n) is 23.4. The summed E-state index contributed by atoms with van der Waals surface area (Å²) in [7, 11) is 0. The highest BCUT2D eigenvalue weighted by Crippen LogP contribution is 2.17. The van der Waals surface area contributed by atoms with E-state index < -0.39 is 6.10 Å². The SMILES string of the molecule is CC/C=C\C/C=C\C/C=C\C/C=C\CCCCCCCCC(=O)OCC(COC(=O)CCCCCCCCCCCCC/C=C\C/C=C\CCCCCCC)OC(=O)CCCCCCCCCCC/C=C\CCCCCCCCCC. The number of rotatable bonds is 64. The maximum atomic E-state index is 13.0. The molecule has 0 heterocycles. The van der Waals surface area contributed by atoms with Gasteiger partial charge in [0.05, 0.1) is 0 Å². The molecule has 0 aromatic heterocycles. The zero-order valence-corrected chi connectivity index (χ0v) is 53.8. The van der Waals surface area contributed by atoms with Crippen molar-refractivity contribution in [3.8, 4) is 0 Å². The van der Waals surface area contributed by atoms with Crippen molar-refractivity contribution in [2.24, 2.45) is 0 Å². The Bertz CT molecular complexity index is 1530. The first-order valence-corrected chi connectivity index (χ1v) is 35.1. The van der Waals surface area contributed by atoms with E-state index in [0.29, 0.717) is 19.3 Å². The largest absolute Gasteiger partial charge is 0.462 e. The normalized spacial score (nSPS) is 12.6. The molecule has 0 rings (SSSR count). The molecule has 1 unspecified atom stereocenters. The molecular formula is C75H132O6. The van der Waals surface area contributed by atoms with Gasteiger partial charge in [-0.25, -0.2) is 0 Å². The van der Waals surface area contributed by atoms with Crippen LogP contribution >= 0.6 is 0 Å². The van der Waals surface area contributed by atoms with Gasteiger partial charge in [-0.1, -0.05) is 305 Å². The van der Waals surface area contributed by atoms with Gasteiger partial charge in [-0.05, 0) is 116 Å². The third-order valence-corrected chi connectivity index (χ3v) is 15.4. The summed E-state index contributed by atoms with van der Waals surface area (Å²) in [5, 5.41) is 0. The molecule has 0 aromatic carbocycles. The molecule has 0 saturated carbocycles. The molecule has 1 atom stereocenters. The zero-order chi connectivity index (χ0) is 58.5. The zero-order valence-electron chi connectivity index (χ0n) is 53.8. The first-order valence-electron chi connectivity index (χ1n) is 35.1. The summed E-state index contributed by atoms with van der Waals surface area (Å²) in [6.45, 7) is 6.55. The summed E-state index contributed by atoms with van der Waals surface area (Å²) in [5.74, 6) is -0.882. The Hall–Kier alpha value is -3.41. The molecule has 0 aliphatic carbocycles. The molecule has 0 radical (unpaired) electrons. The lowest BCUT2D eigenvalue weighted by Gasteiger charge is -2.18. The molecule has 468 valence electrons. The van der Waals surface area contributed by atoms with E-state index in [0.717, 1.165) is 96.3 Å².